The molecule has 4 heteroatoms. The minimum absolute atomic E-state index is 0.576. The molecule has 0 aliphatic rings. The molecule has 1 heterocycles. The summed E-state index contributed by atoms with van der Waals surface area (Å²) in [6.45, 7) is 2.03. The van der Waals surface area contributed by atoms with Gasteiger partial charge in [0.25, 0.3) is 0 Å². The van der Waals surface area contributed by atoms with Crippen LogP contribution < -0.4 is 5.73 Å². The molecular weight excluding hydrogens is 339 g/mol. The monoisotopic (exact) mass is 350 g/mol. The van der Waals surface area contributed by atoms with Crippen LogP contribution in [0.2, 0.25) is 0 Å². The van der Waals surface area contributed by atoms with Crippen LogP contribution >= 0.6 is 22.6 Å². The molecule has 0 saturated carbocycles. The first-order valence-electron chi connectivity index (χ1n) is 5.56. The van der Waals surface area contributed by atoms with Gasteiger partial charge in [-0.1, -0.05) is 6.07 Å². The van der Waals surface area contributed by atoms with Crippen molar-refractivity contribution in [2.24, 2.45) is 0 Å². The van der Waals surface area contributed by atoms with Crippen molar-refractivity contribution in [1.82, 2.24) is 4.98 Å². The molecule has 0 atom stereocenters. The average Bonchev–Trinajstić information content (AvgIpc) is 2.74. The van der Waals surface area contributed by atoms with Gasteiger partial charge in [-0.25, -0.2) is 4.98 Å². The molecule has 0 radical (unpaired) electrons. The zero-order valence-corrected chi connectivity index (χ0v) is 11.9. The third-order valence-electron chi connectivity index (χ3n) is 2.79. The number of rotatable bonds is 1. The van der Waals surface area contributed by atoms with Gasteiger partial charge >= 0.3 is 0 Å². The highest BCUT2D eigenvalue weighted by Gasteiger charge is 2.11. The van der Waals surface area contributed by atoms with Crippen LogP contribution in [0, 0.1) is 10.5 Å². The minimum Gasteiger partial charge on any atom is -0.436 e. The molecular formula is C14H11IN2O. The van der Waals surface area contributed by atoms with Gasteiger partial charge in [-0.15, -0.1) is 0 Å². The Balaban J connectivity index is 2.22. The largest absolute Gasteiger partial charge is 0.436 e. The maximum absolute atomic E-state index is 5.97. The molecule has 3 nitrogen and oxygen atoms in total. The van der Waals surface area contributed by atoms with Crippen molar-refractivity contribution in [2.45, 2.75) is 6.92 Å². The molecule has 0 fully saturated rings. The highest BCUT2D eigenvalue weighted by molar-refractivity contribution is 14.1. The number of nitrogens with zero attached hydrogens (tertiary/aromatic N) is 1. The van der Waals surface area contributed by atoms with Gasteiger partial charge < -0.3 is 10.2 Å². The second kappa shape index (κ2) is 4.28. The van der Waals surface area contributed by atoms with Crippen molar-refractivity contribution in [3.05, 3.63) is 45.5 Å². The van der Waals surface area contributed by atoms with Gasteiger partial charge in [-0.05, 0) is 65.4 Å². The SMILES string of the molecule is Cc1ccc2nc(-c3cc(I)ccc3N)oc2c1. The molecule has 0 unspecified atom stereocenters. The number of aromatic nitrogens is 1. The zero-order chi connectivity index (χ0) is 12.7. The van der Waals surface area contributed by atoms with Gasteiger partial charge in [0.15, 0.2) is 5.58 Å². The van der Waals surface area contributed by atoms with Crippen molar-refractivity contribution >= 4 is 39.4 Å². The molecule has 3 rings (SSSR count). The second-order valence-corrected chi connectivity index (χ2v) is 5.47. The van der Waals surface area contributed by atoms with Gasteiger partial charge in [-0.3, -0.25) is 0 Å². The highest BCUT2D eigenvalue weighted by atomic mass is 127. The molecule has 0 saturated heterocycles. The lowest BCUT2D eigenvalue weighted by atomic mass is 10.2. The quantitative estimate of drug-likeness (QED) is 0.533. The van der Waals surface area contributed by atoms with Crippen LogP contribution in [-0.2, 0) is 0 Å². The van der Waals surface area contributed by atoms with Gasteiger partial charge in [0.05, 0.1) is 5.56 Å². The van der Waals surface area contributed by atoms with E-state index in [1.165, 1.54) is 0 Å². The van der Waals surface area contributed by atoms with E-state index >= 15 is 0 Å². The summed E-state index contributed by atoms with van der Waals surface area (Å²) in [5.74, 6) is 0.576. The Morgan fingerprint density at radius 1 is 1.17 bits per heavy atom. The summed E-state index contributed by atoms with van der Waals surface area (Å²) < 4.78 is 6.88. The predicted octanol–water partition coefficient (Wildman–Crippen LogP) is 3.99. The molecule has 0 aliphatic heterocycles. The smallest absolute Gasteiger partial charge is 0.229 e. The highest BCUT2D eigenvalue weighted by Crippen LogP contribution is 2.30. The van der Waals surface area contributed by atoms with E-state index in [-0.39, 0.29) is 0 Å². The van der Waals surface area contributed by atoms with Crippen LogP contribution in [0.25, 0.3) is 22.6 Å². The fraction of sp³-hybridized carbons (Fsp3) is 0.0714. The van der Waals surface area contributed by atoms with E-state index in [1.807, 2.05) is 43.3 Å². The first-order valence-corrected chi connectivity index (χ1v) is 6.64. The minimum atomic E-state index is 0.576. The molecule has 0 bridgehead atoms. The molecule has 0 spiro atoms. The summed E-state index contributed by atoms with van der Waals surface area (Å²) in [6.07, 6.45) is 0. The predicted molar refractivity (Wildman–Crippen MR) is 81.3 cm³/mol. The maximum Gasteiger partial charge on any atom is 0.229 e. The normalized spacial score (nSPS) is 11.0. The van der Waals surface area contributed by atoms with E-state index in [0.717, 1.165) is 25.8 Å². The molecule has 0 amide bonds. The molecule has 90 valence electrons. The molecule has 2 aromatic carbocycles. The van der Waals surface area contributed by atoms with Gasteiger partial charge in [0.1, 0.15) is 5.52 Å². The van der Waals surface area contributed by atoms with Crippen LogP contribution in [0.3, 0.4) is 0 Å². The summed E-state index contributed by atoms with van der Waals surface area (Å²) in [5, 5.41) is 0. The summed E-state index contributed by atoms with van der Waals surface area (Å²) in [5.41, 5.74) is 10.3. The lowest BCUT2D eigenvalue weighted by Gasteiger charge is -2.01. The first kappa shape index (κ1) is 11.5. The third kappa shape index (κ3) is 1.96. The number of nitrogen functional groups attached to an aromatic ring is 1. The number of anilines is 1. The Bertz CT molecular complexity index is 734. The second-order valence-electron chi connectivity index (χ2n) is 4.22. The Morgan fingerprint density at radius 3 is 2.83 bits per heavy atom. The topological polar surface area (TPSA) is 52.0 Å². The van der Waals surface area contributed by atoms with E-state index < -0.39 is 0 Å². The summed E-state index contributed by atoms with van der Waals surface area (Å²) in [4.78, 5) is 4.48. The number of halogens is 1. The van der Waals surface area contributed by atoms with E-state index in [0.29, 0.717) is 11.6 Å². The van der Waals surface area contributed by atoms with E-state index in [2.05, 4.69) is 27.6 Å². The van der Waals surface area contributed by atoms with Crippen molar-refractivity contribution in [2.75, 3.05) is 5.73 Å². The van der Waals surface area contributed by atoms with Gasteiger partial charge in [-0.2, -0.15) is 0 Å². The number of aryl methyl sites for hydroxylation is 1. The third-order valence-corrected chi connectivity index (χ3v) is 3.46. The summed E-state index contributed by atoms with van der Waals surface area (Å²) in [6, 6.07) is 11.8. The summed E-state index contributed by atoms with van der Waals surface area (Å²) in [7, 11) is 0. The number of benzene rings is 2. The van der Waals surface area contributed by atoms with Crippen molar-refractivity contribution in [1.29, 1.82) is 0 Å². The van der Waals surface area contributed by atoms with Gasteiger partial charge in [0, 0.05) is 9.26 Å². The molecule has 3 aromatic rings. The Labute approximate surface area is 118 Å². The van der Waals surface area contributed by atoms with Crippen molar-refractivity contribution < 1.29 is 4.42 Å². The number of nitrogens with two attached hydrogens (primary N) is 1. The zero-order valence-electron chi connectivity index (χ0n) is 9.77. The van der Waals surface area contributed by atoms with E-state index in [9.17, 15) is 0 Å². The molecule has 2 N–H and O–H groups in total. The fourth-order valence-corrected chi connectivity index (χ4v) is 2.35. The summed E-state index contributed by atoms with van der Waals surface area (Å²) >= 11 is 2.25. The maximum atomic E-state index is 5.97. The lowest BCUT2D eigenvalue weighted by molar-refractivity contribution is 0.620. The molecule has 18 heavy (non-hydrogen) atoms. The van der Waals surface area contributed by atoms with Crippen molar-refractivity contribution in [3.8, 4) is 11.5 Å². The van der Waals surface area contributed by atoms with Crippen LogP contribution in [-0.4, -0.2) is 4.98 Å². The Kier molecular flexibility index (Phi) is 2.74. The number of fused-ring (bicyclic) bond motifs is 1. The average molecular weight is 350 g/mol. The lowest BCUT2D eigenvalue weighted by Crippen LogP contribution is -1.90. The first-order chi connectivity index (χ1) is 8.63. The van der Waals surface area contributed by atoms with Crippen LogP contribution in [0.15, 0.2) is 40.8 Å². The van der Waals surface area contributed by atoms with Crippen LogP contribution in [0.5, 0.6) is 0 Å². The Morgan fingerprint density at radius 2 is 2.00 bits per heavy atom. The molecule has 0 aliphatic carbocycles. The van der Waals surface area contributed by atoms with Gasteiger partial charge in [0.2, 0.25) is 5.89 Å². The van der Waals surface area contributed by atoms with Crippen LogP contribution in [0.1, 0.15) is 5.56 Å². The number of oxazole rings is 1. The Hall–Kier alpha value is -1.56. The van der Waals surface area contributed by atoms with Crippen molar-refractivity contribution in [3.63, 3.8) is 0 Å². The van der Waals surface area contributed by atoms with E-state index in [1.54, 1.807) is 0 Å². The fourth-order valence-electron chi connectivity index (χ4n) is 1.86. The standard InChI is InChI=1S/C14H11IN2O/c1-8-2-5-12-13(6-8)18-14(17-12)10-7-9(15)3-4-11(10)16/h2-7H,16H2,1H3. The van der Waals surface area contributed by atoms with Crippen LogP contribution in [0.4, 0.5) is 5.69 Å². The number of hydrogen-bond donors (Lipinski definition) is 1. The molecule has 1 aromatic heterocycles. The van der Waals surface area contributed by atoms with E-state index in [4.69, 9.17) is 10.2 Å². The number of hydrogen-bond acceptors (Lipinski definition) is 3.